The van der Waals surface area contributed by atoms with Gasteiger partial charge in [-0.25, -0.2) is 0 Å². The predicted molar refractivity (Wildman–Crippen MR) is 112 cm³/mol. The van der Waals surface area contributed by atoms with E-state index < -0.39 is 0 Å². The van der Waals surface area contributed by atoms with Crippen LogP contribution in [0.1, 0.15) is 25.3 Å². The van der Waals surface area contributed by atoms with Crippen molar-refractivity contribution in [2.75, 3.05) is 58.5 Å². The summed E-state index contributed by atoms with van der Waals surface area (Å²) in [6, 6.07) is 8.82. The molecule has 2 heterocycles. The molecule has 0 N–H and O–H groups in total. The van der Waals surface area contributed by atoms with Gasteiger partial charge in [0.2, 0.25) is 0 Å². The SMILES string of the molecule is COC1=C[C@@](C)(OC)CC([C@H]2CN(CCN3CCc4ccccc43)CCO2)C1. The molecule has 1 saturated heterocycles. The summed E-state index contributed by atoms with van der Waals surface area (Å²) in [7, 11) is 3.54. The molecule has 1 fully saturated rings. The molecular weight excluding hydrogens is 352 g/mol. The first-order valence-corrected chi connectivity index (χ1v) is 10.6. The molecule has 0 bridgehead atoms. The zero-order chi connectivity index (χ0) is 19.6. The number of methoxy groups -OCH3 is 2. The molecule has 1 unspecified atom stereocenters. The van der Waals surface area contributed by atoms with Crippen LogP contribution in [0.3, 0.4) is 0 Å². The molecule has 0 radical (unpaired) electrons. The molecule has 0 amide bonds. The quantitative estimate of drug-likeness (QED) is 0.751. The number of para-hydroxylation sites is 1. The van der Waals surface area contributed by atoms with Crippen LogP contribution >= 0.6 is 0 Å². The molecule has 5 heteroatoms. The number of anilines is 1. The molecule has 5 nitrogen and oxygen atoms in total. The van der Waals surface area contributed by atoms with Gasteiger partial charge in [0.05, 0.1) is 31.2 Å². The van der Waals surface area contributed by atoms with Crippen molar-refractivity contribution in [2.24, 2.45) is 5.92 Å². The number of hydrogen-bond acceptors (Lipinski definition) is 5. The van der Waals surface area contributed by atoms with E-state index in [1.165, 1.54) is 17.7 Å². The Bertz CT molecular complexity index is 707. The van der Waals surface area contributed by atoms with Crippen molar-refractivity contribution < 1.29 is 14.2 Å². The highest BCUT2D eigenvalue weighted by molar-refractivity contribution is 5.57. The van der Waals surface area contributed by atoms with E-state index in [9.17, 15) is 0 Å². The van der Waals surface area contributed by atoms with Gasteiger partial charge in [-0.15, -0.1) is 0 Å². The summed E-state index contributed by atoms with van der Waals surface area (Å²) in [6.45, 7) is 8.30. The Labute approximate surface area is 169 Å². The zero-order valence-corrected chi connectivity index (χ0v) is 17.5. The second-order valence-corrected chi connectivity index (χ2v) is 8.58. The van der Waals surface area contributed by atoms with Crippen LogP contribution in [0.25, 0.3) is 0 Å². The Balaban J connectivity index is 1.34. The van der Waals surface area contributed by atoms with Crippen LogP contribution in [-0.4, -0.2) is 70.2 Å². The van der Waals surface area contributed by atoms with Gasteiger partial charge < -0.3 is 19.1 Å². The molecule has 1 aromatic rings. The summed E-state index contributed by atoms with van der Waals surface area (Å²) in [6.07, 6.45) is 5.47. The summed E-state index contributed by atoms with van der Waals surface area (Å²) >= 11 is 0. The molecule has 1 aliphatic carbocycles. The normalized spacial score (nSPS) is 30.8. The van der Waals surface area contributed by atoms with Gasteiger partial charge in [-0.3, -0.25) is 4.90 Å². The average molecular weight is 387 g/mol. The molecular formula is C23H34N2O3. The van der Waals surface area contributed by atoms with Gasteiger partial charge in [-0.2, -0.15) is 0 Å². The third kappa shape index (κ3) is 4.22. The maximum atomic E-state index is 6.21. The Morgan fingerprint density at radius 3 is 2.86 bits per heavy atom. The third-order valence-corrected chi connectivity index (χ3v) is 6.70. The number of allylic oxidation sites excluding steroid dienone is 1. The van der Waals surface area contributed by atoms with Crippen LogP contribution in [0.2, 0.25) is 0 Å². The topological polar surface area (TPSA) is 34.2 Å². The lowest BCUT2D eigenvalue weighted by Gasteiger charge is -2.42. The number of nitrogens with zero attached hydrogens (tertiary/aromatic N) is 2. The van der Waals surface area contributed by atoms with Gasteiger partial charge in [0.25, 0.3) is 0 Å². The Morgan fingerprint density at radius 2 is 2.04 bits per heavy atom. The second kappa shape index (κ2) is 8.44. The number of ether oxygens (including phenoxy) is 3. The van der Waals surface area contributed by atoms with Crippen LogP contribution in [0.15, 0.2) is 36.1 Å². The summed E-state index contributed by atoms with van der Waals surface area (Å²) in [5.74, 6) is 1.45. The van der Waals surface area contributed by atoms with Gasteiger partial charge in [0.15, 0.2) is 0 Å². The smallest absolute Gasteiger partial charge is 0.0947 e. The van der Waals surface area contributed by atoms with Gasteiger partial charge >= 0.3 is 0 Å². The first-order valence-electron chi connectivity index (χ1n) is 10.6. The maximum absolute atomic E-state index is 6.21. The number of morpholine rings is 1. The molecule has 3 atom stereocenters. The first kappa shape index (κ1) is 19.7. The van der Waals surface area contributed by atoms with Gasteiger partial charge in [0.1, 0.15) is 0 Å². The Kier molecular flexibility index (Phi) is 5.95. The van der Waals surface area contributed by atoms with Crippen molar-refractivity contribution in [3.05, 3.63) is 41.7 Å². The minimum atomic E-state index is -0.265. The van der Waals surface area contributed by atoms with Crippen LogP contribution in [-0.2, 0) is 20.6 Å². The zero-order valence-electron chi connectivity index (χ0n) is 17.5. The average Bonchev–Trinajstić information content (AvgIpc) is 3.15. The van der Waals surface area contributed by atoms with Crippen molar-refractivity contribution in [3.8, 4) is 0 Å². The predicted octanol–water partition coefficient (Wildman–Crippen LogP) is 3.10. The fourth-order valence-corrected chi connectivity index (χ4v) is 4.98. The van der Waals surface area contributed by atoms with Crippen molar-refractivity contribution in [2.45, 2.75) is 37.9 Å². The minimum absolute atomic E-state index is 0.243. The van der Waals surface area contributed by atoms with E-state index in [4.69, 9.17) is 14.2 Å². The highest BCUT2D eigenvalue weighted by Crippen LogP contribution is 2.37. The summed E-state index contributed by atoms with van der Waals surface area (Å²) in [5.41, 5.74) is 2.65. The third-order valence-electron chi connectivity index (χ3n) is 6.70. The van der Waals surface area contributed by atoms with Crippen molar-refractivity contribution in [1.82, 2.24) is 4.90 Å². The number of rotatable bonds is 6. The van der Waals surface area contributed by atoms with Crippen molar-refractivity contribution in [1.29, 1.82) is 0 Å². The Morgan fingerprint density at radius 1 is 1.18 bits per heavy atom. The molecule has 4 rings (SSSR count). The Hall–Kier alpha value is -1.56. The standard InChI is InChI=1S/C23H34N2O3/c1-23(27-3)15-19(14-20(16-23)26-2)22-17-24(12-13-28-22)10-11-25-9-8-18-6-4-5-7-21(18)25/h4-7,16,19,22H,8-15,17H2,1-3H3/t19?,22-,23+/m1/s1. The molecule has 3 aliphatic rings. The molecule has 0 saturated carbocycles. The largest absolute Gasteiger partial charge is 0.501 e. The van der Waals surface area contributed by atoms with E-state index in [2.05, 4.69) is 47.1 Å². The lowest BCUT2D eigenvalue weighted by molar-refractivity contribution is -0.0832. The lowest BCUT2D eigenvalue weighted by atomic mass is 9.79. The number of benzene rings is 1. The number of hydrogen-bond donors (Lipinski definition) is 0. The van der Waals surface area contributed by atoms with Crippen molar-refractivity contribution >= 4 is 5.69 Å². The van der Waals surface area contributed by atoms with Crippen LogP contribution in [0, 0.1) is 5.92 Å². The molecule has 28 heavy (non-hydrogen) atoms. The van der Waals surface area contributed by atoms with Crippen LogP contribution in [0.4, 0.5) is 5.69 Å². The molecule has 1 aromatic carbocycles. The highest BCUT2D eigenvalue weighted by atomic mass is 16.5. The minimum Gasteiger partial charge on any atom is -0.501 e. The summed E-state index contributed by atoms with van der Waals surface area (Å²) < 4.78 is 17.6. The van der Waals surface area contributed by atoms with E-state index in [1.54, 1.807) is 14.2 Å². The summed E-state index contributed by atoms with van der Waals surface area (Å²) in [5, 5.41) is 0. The highest BCUT2D eigenvalue weighted by Gasteiger charge is 2.38. The second-order valence-electron chi connectivity index (χ2n) is 8.58. The molecule has 154 valence electrons. The fraction of sp³-hybridized carbons (Fsp3) is 0.652. The number of fused-ring (bicyclic) bond motifs is 1. The van der Waals surface area contributed by atoms with E-state index in [1.807, 2.05) is 0 Å². The maximum Gasteiger partial charge on any atom is 0.0947 e. The molecule has 2 aliphatic heterocycles. The van der Waals surface area contributed by atoms with Gasteiger partial charge in [0, 0.05) is 51.9 Å². The fourth-order valence-electron chi connectivity index (χ4n) is 4.98. The monoisotopic (exact) mass is 386 g/mol. The van der Waals surface area contributed by atoms with E-state index in [-0.39, 0.29) is 11.7 Å². The lowest BCUT2D eigenvalue weighted by Crippen LogP contribution is -2.50. The van der Waals surface area contributed by atoms with Crippen LogP contribution in [0.5, 0.6) is 0 Å². The van der Waals surface area contributed by atoms with Gasteiger partial charge in [-0.05, 0) is 43.4 Å². The van der Waals surface area contributed by atoms with E-state index in [0.717, 1.165) is 57.9 Å². The first-order chi connectivity index (χ1) is 13.6. The molecule has 0 aromatic heterocycles. The van der Waals surface area contributed by atoms with Gasteiger partial charge in [-0.1, -0.05) is 18.2 Å². The van der Waals surface area contributed by atoms with E-state index in [0.29, 0.717) is 5.92 Å². The van der Waals surface area contributed by atoms with E-state index >= 15 is 0 Å². The van der Waals surface area contributed by atoms with Crippen LogP contribution < -0.4 is 4.90 Å². The molecule has 0 spiro atoms. The van der Waals surface area contributed by atoms with Crippen molar-refractivity contribution in [3.63, 3.8) is 0 Å². The summed E-state index contributed by atoms with van der Waals surface area (Å²) in [4.78, 5) is 5.11.